The van der Waals surface area contributed by atoms with Gasteiger partial charge < -0.3 is 24.9 Å². The Balaban J connectivity index is 1.46. The number of nitrogens with two attached hydrogens (primary N) is 1. The highest BCUT2D eigenvalue weighted by atomic mass is 31.2. The van der Waals surface area contributed by atoms with E-state index < -0.39 is 19.8 Å². The number of rotatable bonds is 12. The topological polar surface area (TPSA) is 156 Å². The van der Waals surface area contributed by atoms with Crippen LogP contribution in [0.4, 0.5) is 11.8 Å². The van der Waals surface area contributed by atoms with Gasteiger partial charge in [0.05, 0.1) is 26.1 Å². The minimum atomic E-state index is -3.91. The number of hydrogen-bond acceptors (Lipinski definition) is 10. The highest BCUT2D eigenvalue weighted by molar-refractivity contribution is 7.52. The van der Waals surface area contributed by atoms with Gasteiger partial charge in [-0.25, -0.2) is 9.55 Å². The lowest BCUT2D eigenvalue weighted by Gasteiger charge is -2.23. The average molecular weight is 530 g/mol. The third kappa shape index (κ3) is 6.46. The summed E-state index contributed by atoms with van der Waals surface area (Å²) in [5.41, 5.74) is 7.24. The minimum Gasteiger partial charge on any atom is -0.468 e. The van der Waals surface area contributed by atoms with Crippen molar-refractivity contribution in [2.24, 2.45) is 5.92 Å². The largest absolute Gasteiger partial charge is 0.468 e. The van der Waals surface area contributed by atoms with Gasteiger partial charge in [0.25, 0.3) is 0 Å². The number of methoxy groups -OCH3 is 1. The van der Waals surface area contributed by atoms with Gasteiger partial charge in [0.15, 0.2) is 17.0 Å². The first-order valence-electron chi connectivity index (χ1n) is 12.1. The Morgan fingerprint density at radius 3 is 2.78 bits per heavy atom. The second-order valence-electron chi connectivity index (χ2n) is 8.70. The lowest BCUT2D eigenvalue weighted by atomic mass is 10.1. The Labute approximate surface area is 215 Å². The number of carbonyl (C=O) groups is 1. The van der Waals surface area contributed by atoms with Gasteiger partial charge in [-0.15, -0.1) is 0 Å². The van der Waals surface area contributed by atoms with Crippen LogP contribution >= 0.6 is 7.75 Å². The molecule has 2 aromatic heterocycles. The lowest BCUT2D eigenvalue weighted by Crippen LogP contribution is -2.34. The van der Waals surface area contributed by atoms with Crippen molar-refractivity contribution in [1.29, 1.82) is 0 Å². The number of esters is 1. The molecule has 198 valence electrons. The fourth-order valence-corrected chi connectivity index (χ4v) is 5.54. The molecule has 4 N–H and O–H groups in total. The second kappa shape index (κ2) is 11.7. The van der Waals surface area contributed by atoms with Gasteiger partial charge in [0, 0.05) is 12.5 Å². The van der Waals surface area contributed by atoms with Crippen LogP contribution < -0.4 is 20.7 Å². The van der Waals surface area contributed by atoms with E-state index in [4.69, 9.17) is 19.5 Å². The molecule has 3 aromatic rings. The van der Waals surface area contributed by atoms with Crippen molar-refractivity contribution >= 4 is 36.6 Å². The van der Waals surface area contributed by atoms with E-state index in [1.165, 1.54) is 14.0 Å². The third-order valence-corrected chi connectivity index (χ3v) is 7.47. The monoisotopic (exact) mass is 529 g/mol. The Morgan fingerprint density at radius 1 is 1.27 bits per heavy atom. The van der Waals surface area contributed by atoms with Gasteiger partial charge >= 0.3 is 13.7 Å². The second-order valence-corrected chi connectivity index (χ2v) is 10.4. The summed E-state index contributed by atoms with van der Waals surface area (Å²) in [4.78, 5) is 25.1. The van der Waals surface area contributed by atoms with Crippen LogP contribution in [0.3, 0.4) is 0 Å². The molecule has 0 spiro atoms. The highest BCUT2D eigenvalue weighted by Gasteiger charge is 2.34. The molecule has 1 aromatic carbocycles. The Kier molecular flexibility index (Phi) is 8.42. The minimum absolute atomic E-state index is 0.0525. The molecular weight excluding hydrogens is 497 g/mol. The van der Waals surface area contributed by atoms with E-state index in [2.05, 4.69) is 32.3 Å². The molecule has 0 saturated carbocycles. The maximum absolute atomic E-state index is 13.6. The number of nitrogens with one attached hydrogen (secondary N) is 2. The molecule has 0 saturated heterocycles. The summed E-state index contributed by atoms with van der Waals surface area (Å²) < 4.78 is 31.7. The quantitative estimate of drug-likeness (QED) is 0.179. The molecule has 12 nitrogen and oxygen atoms in total. The number of para-hydroxylation sites is 1. The Morgan fingerprint density at radius 2 is 2.05 bits per heavy atom. The van der Waals surface area contributed by atoms with Crippen molar-refractivity contribution in [3.63, 3.8) is 0 Å². The summed E-state index contributed by atoms with van der Waals surface area (Å²) in [6.07, 6.45) is 7.33. The number of carbonyl (C=O) groups excluding carboxylic acids is 1. The van der Waals surface area contributed by atoms with Crippen LogP contribution in [0.1, 0.15) is 32.7 Å². The van der Waals surface area contributed by atoms with Crippen molar-refractivity contribution in [2.45, 2.75) is 38.8 Å². The van der Waals surface area contributed by atoms with E-state index in [1.54, 1.807) is 30.6 Å². The predicted molar refractivity (Wildman–Crippen MR) is 140 cm³/mol. The third-order valence-electron chi connectivity index (χ3n) is 5.82. The molecule has 0 radical (unpaired) electrons. The summed E-state index contributed by atoms with van der Waals surface area (Å²) in [6, 6.07) is 7.69. The van der Waals surface area contributed by atoms with Crippen LogP contribution in [0.25, 0.3) is 11.2 Å². The zero-order valence-electron chi connectivity index (χ0n) is 21.0. The van der Waals surface area contributed by atoms with Crippen LogP contribution in [0.2, 0.25) is 0 Å². The number of benzene rings is 1. The van der Waals surface area contributed by atoms with Crippen LogP contribution in [-0.2, 0) is 18.6 Å². The van der Waals surface area contributed by atoms with Gasteiger partial charge in [-0.05, 0) is 31.9 Å². The molecule has 1 aliphatic carbocycles. The first-order valence-corrected chi connectivity index (χ1v) is 13.6. The summed E-state index contributed by atoms with van der Waals surface area (Å²) in [6.45, 7) is 4.44. The summed E-state index contributed by atoms with van der Waals surface area (Å²) in [5.74, 6) is 0.476. The molecule has 4 rings (SSSR count). The molecule has 0 bridgehead atoms. The summed E-state index contributed by atoms with van der Waals surface area (Å²) in [7, 11) is -2.65. The number of imidazole rings is 1. The first kappa shape index (κ1) is 26.6. The van der Waals surface area contributed by atoms with Crippen molar-refractivity contribution in [3.05, 3.63) is 48.8 Å². The lowest BCUT2D eigenvalue weighted by molar-refractivity contribution is -0.142. The number of aromatic nitrogens is 4. The van der Waals surface area contributed by atoms with E-state index >= 15 is 0 Å². The van der Waals surface area contributed by atoms with E-state index in [9.17, 15) is 9.36 Å². The maximum Gasteiger partial charge on any atom is 0.459 e. The predicted octanol–water partition coefficient (Wildman–Crippen LogP) is 3.70. The molecule has 13 heteroatoms. The number of fused-ring (bicyclic) bond motifs is 1. The van der Waals surface area contributed by atoms with Gasteiger partial charge in [-0.2, -0.15) is 15.1 Å². The molecular formula is C24H32N7O5P. The number of nitrogen functional groups attached to an aromatic ring is 1. The molecule has 0 amide bonds. The normalized spacial score (nSPS) is 19.4. The van der Waals surface area contributed by atoms with Crippen molar-refractivity contribution < 1.29 is 23.1 Å². The van der Waals surface area contributed by atoms with E-state index in [0.717, 1.165) is 13.0 Å². The number of allylic oxidation sites excluding steroid dienone is 1. The molecule has 37 heavy (non-hydrogen) atoms. The smallest absolute Gasteiger partial charge is 0.459 e. The van der Waals surface area contributed by atoms with Crippen molar-refractivity contribution in [2.75, 3.05) is 31.3 Å². The zero-order chi connectivity index (χ0) is 26.4. The molecule has 0 fully saturated rings. The molecule has 2 heterocycles. The van der Waals surface area contributed by atoms with Crippen molar-refractivity contribution in [3.8, 4) is 5.75 Å². The van der Waals surface area contributed by atoms with E-state index in [-0.39, 0.29) is 24.5 Å². The molecule has 4 atom stereocenters. The summed E-state index contributed by atoms with van der Waals surface area (Å²) >= 11 is 0. The fourth-order valence-electron chi connectivity index (χ4n) is 4.00. The molecule has 0 aliphatic heterocycles. The highest BCUT2D eigenvalue weighted by Crippen LogP contribution is 2.46. The number of anilines is 2. The Hall–Kier alpha value is -3.47. The first-order chi connectivity index (χ1) is 17.8. The van der Waals surface area contributed by atoms with Gasteiger partial charge in [0.1, 0.15) is 11.8 Å². The summed E-state index contributed by atoms with van der Waals surface area (Å²) in [5, 5.41) is 5.91. The van der Waals surface area contributed by atoms with Gasteiger partial charge in [-0.3, -0.25) is 9.32 Å². The molecule has 1 aliphatic rings. The van der Waals surface area contributed by atoms with Gasteiger partial charge in [-0.1, -0.05) is 37.3 Å². The molecule has 2 unspecified atom stereocenters. The number of nitrogens with zero attached hydrogens (tertiary/aromatic N) is 4. The van der Waals surface area contributed by atoms with E-state index in [0.29, 0.717) is 29.2 Å². The number of ether oxygens (including phenoxy) is 1. The van der Waals surface area contributed by atoms with Crippen LogP contribution in [0.15, 0.2) is 48.8 Å². The maximum atomic E-state index is 13.6. The van der Waals surface area contributed by atoms with Gasteiger partial charge in [0.2, 0.25) is 5.95 Å². The number of hydrogen-bond donors (Lipinski definition) is 3. The fraction of sp³-hybridized carbons (Fsp3) is 0.417. The SMILES string of the molecule is CCCNc1nc(N)nc2c1ncn2[C@H]1C=C[C@@H](COP(=O)(NC(C)C(=O)OC)Oc2ccccc2)C1. The average Bonchev–Trinajstić information content (AvgIpc) is 3.53. The van der Waals surface area contributed by atoms with Crippen LogP contribution in [-0.4, -0.2) is 51.8 Å². The van der Waals surface area contributed by atoms with E-state index in [1.807, 2.05) is 22.8 Å². The van der Waals surface area contributed by atoms with Crippen LogP contribution in [0, 0.1) is 5.92 Å². The van der Waals surface area contributed by atoms with Crippen molar-refractivity contribution in [1.82, 2.24) is 24.6 Å². The Bertz CT molecular complexity index is 1300. The zero-order valence-corrected chi connectivity index (χ0v) is 21.9. The standard InChI is InChI=1S/C24H32N7O5P/c1-4-12-26-21-20-22(29-24(25)28-21)31(15-27-20)18-11-10-17(13-18)14-35-37(33,30-16(2)23(32)34-3)36-19-8-6-5-7-9-19/h5-11,15-18H,4,12-14H2,1-3H3,(H,30,33)(H3,25,26,28,29)/t16?,17-,18+,37?/m1/s1. The van der Waals surface area contributed by atoms with Crippen LogP contribution in [0.5, 0.6) is 5.75 Å².